The molecule has 1 aromatic carbocycles. The molecule has 0 aliphatic carbocycles. The topological polar surface area (TPSA) is 84.4 Å². The fraction of sp³-hybridized carbons (Fsp3) is 0.444. The van der Waals surface area contributed by atoms with E-state index < -0.39 is 5.82 Å². The number of likely N-dealkylation sites (tertiary alicyclic amines) is 1. The second kappa shape index (κ2) is 9.01. The lowest BCUT2D eigenvalue weighted by Crippen LogP contribution is -2.41. The first kappa shape index (κ1) is 19.4. The van der Waals surface area contributed by atoms with Crippen molar-refractivity contribution in [3.8, 4) is 0 Å². The molecular formula is C18H21FN4O3S. The number of hydrogen-bond donors (Lipinski definition) is 1. The summed E-state index contributed by atoms with van der Waals surface area (Å²) in [5, 5.41) is 11.8. The molecule has 0 unspecified atom stereocenters. The van der Waals surface area contributed by atoms with E-state index in [1.807, 2.05) is 6.92 Å². The van der Waals surface area contributed by atoms with Crippen molar-refractivity contribution in [1.29, 1.82) is 0 Å². The molecule has 0 spiro atoms. The van der Waals surface area contributed by atoms with Gasteiger partial charge < -0.3 is 15.0 Å². The van der Waals surface area contributed by atoms with Crippen LogP contribution in [0.15, 0.2) is 24.3 Å². The van der Waals surface area contributed by atoms with Crippen molar-refractivity contribution in [3.63, 3.8) is 0 Å². The molecule has 0 radical (unpaired) electrons. The van der Waals surface area contributed by atoms with Crippen LogP contribution in [0.3, 0.4) is 0 Å². The quantitative estimate of drug-likeness (QED) is 0.817. The van der Waals surface area contributed by atoms with Gasteiger partial charge in [-0.3, -0.25) is 9.59 Å². The molecule has 1 aliphatic rings. The largest absolute Gasteiger partial charge is 0.374 e. The lowest BCUT2D eigenvalue weighted by atomic mass is 9.95. The van der Waals surface area contributed by atoms with Gasteiger partial charge in [0, 0.05) is 25.6 Å². The Morgan fingerprint density at radius 3 is 2.74 bits per heavy atom. The zero-order valence-electron chi connectivity index (χ0n) is 15.0. The van der Waals surface area contributed by atoms with E-state index in [0.29, 0.717) is 49.3 Å². The molecule has 1 N–H and O–H groups in total. The fourth-order valence-electron chi connectivity index (χ4n) is 2.91. The van der Waals surface area contributed by atoms with Gasteiger partial charge in [0.25, 0.3) is 5.91 Å². The molecule has 3 rings (SSSR count). The average molecular weight is 392 g/mol. The number of benzene rings is 1. The van der Waals surface area contributed by atoms with E-state index in [2.05, 4.69) is 15.5 Å². The highest BCUT2D eigenvalue weighted by molar-refractivity contribution is 7.15. The fourth-order valence-corrected chi connectivity index (χ4v) is 3.59. The number of hydrogen-bond acceptors (Lipinski definition) is 6. The van der Waals surface area contributed by atoms with Crippen LogP contribution in [0, 0.1) is 11.7 Å². The minimum Gasteiger partial charge on any atom is -0.374 e. The number of aromatic nitrogens is 2. The predicted octanol–water partition coefficient (Wildman–Crippen LogP) is 2.70. The van der Waals surface area contributed by atoms with Crippen molar-refractivity contribution in [2.24, 2.45) is 5.92 Å². The molecule has 7 nitrogen and oxygen atoms in total. The molecule has 27 heavy (non-hydrogen) atoms. The Bertz CT molecular complexity index is 805. The van der Waals surface area contributed by atoms with Crippen LogP contribution in [-0.2, 0) is 16.1 Å². The lowest BCUT2D eigenvalue weighted by Gasteiger charge is -2.31. The van der Waals surface area contributed by atoms with Crippen molar-refractivity contribution in [3.05, 3.63) is 40.7 Å². The van der Waals surface area contributed by atoms with E-state index in [1.165, 1.54) is 23.5 Å². The summed E-state index contributed by atoms with van der Waals surface area (Å²) < 4.78 is 19.1. The average Bonchev–Trinajstić information content (AvgIpc) is 3.13. The standard InChI is InChI=1S/C18H21FN4O3S/c1-2-26-11-15-21-22-18(27-15)20-16(24)12-7-9-23(10-8-12)17(25)13-5-3-4-6-14(13)19/h3-6,12H,2,7-11H2,1H3,(H,20,22,24). The van der Waals surface area contributed by atoms with E-state index in [9.17, 15) is 14.0 Å². The Morgan fingerprint density at radius 1 is 1.30 bits per heavy atom. The molecule has 144 valence electrons. The number of amides is 2. The van der Waals surface area contributed by atoms with Crippen molar-refractivity contribution in [2.45, 2.75) is 26.4 Å². The van der Waals surface area contributed by atoms with Crippen LogP contribution < -0.4 is 5.32 Å². The molecule has 0 atom stereocenters. The summed E-state index contributed by atoms with van der Waals surface area (Å²) in [6, 6.07) is 5.94. The number of carbonyl (C=O) groups is 2. The summed E-state index contributed by atoms with van der Waals surface area (Å²) in [6.07, 6.45) is 1.05. The second-order valence-electron chi connectivity index (χ2n) is 6.17. The molecule has 9 heteroatoms. The molecule has 2 amide bonds. The number of rotatable bonds is 6. The normalized spacial score (nSPS) is 15.0. The number of ether oxygens (including phenoxy) is 1. The minimum absolute atomic E-state index is 0.0658. The van der Waals surface area contributed by atoms with Gasteiger partial charge in [-0.25, -0.2) is 4.39 Å². The van der Waals surface area contributed by atoms with Crippen LogP contribution in [0.25, 0.3) is 0 Å². The van der Waals surface area contributed by atoms with E-state index in [0.717, 1.165) is 0 Å². The maximum atomic E-state index is 13.8. The number of nitrogens with zero attached hydrogens (tertiary/aromatic N) is 3. The molecular weight excluding hydrogens is 371 g/mol. The van der Waals surface area contributed by atoms with Gasteiger partial charge in [0.05, 0.1) is 5.56 Å². The van der Waals surface area contributed by atoms with Gasteiger partial charge in [0.1, 0.15) is 17.4 Å². The van der Waals surface area contributed by atoms with Crippen LogP contribution in [0.4, 0.5) is 9.52 Å². The maximum absolute atomic E-state index is 13.8. The first-order chi connectivity index (χ1) is 13.1. The van der Waals surface area contributed by atoms with Crippen LogP contribution in [0.1, 0.15) is 35.1 Å². The molecule has 1 saturated heterocycles. The Hall–Kier alpha value is -2.39. The van der Waals surface area contributed by atoms with E-state index >= 15 is 0 Å². The molecule has 1 aliphatic heterocycles. The smallest absolute Gasteiger partial charge is 0.256 e. The Balaban J connectivity index is 1.51. The van der Waals surface area contributed by atoms with E-state index in [-0.39, 0.29) is 23.3 Å². The third kappa shape index (κ3) is 4.86. The van der Waals surface area contributed by atoms with Gasteiger partial charge in [0.2, 0.25) is 11.0 Å². The highest BCUT2D eigenvalue weighted by atomic mass is 32.1. The van der Waals surface area contributed by atoms with Crippen LogP contribution >= 0.6 is 11.3 Å². The van der Waals surface area contributed by atoms with Gasteiger partial charge in [-0.15, -0.1) is 10.2 Å². The van der Waals surface area contributed by atoms with Crippen LogP contribution in [0.5, 0.6) is 0 Å². The molecule has 1 aromatic heterocycles. The Labute approximate surface area is 160 Å². The molecule has 0 bridgehead atoms. The molecule has 0 saturated carbocycles. The number of piperidine rings is 1. The van der Waals surface area contributed by atoms with Crippen LogP contribution in [-0.4, -0.2) is 46.6 Å². The number of halogens is 1. The Morgan fingerprint density at radius 2 is 2.04 bits per heavy atom. The van der Waals surface area contributed by atoms with Gasteiger partial charge in [-0.2, -0.15) is 0 Å². The summed E-state index contributed by atoms with van der Waals surface area (Å²) in [5.74, 6) is -1.21. The third-order valence-corrected chi connectivity index (χ3v) is 5.20. The first-order valence-electron chi connectivity index (χ1n) is 8.83. The van der Waals surface area contributed by atoms with Crippen molar-refractivity contribution < 1.29 is 18.7 Å². The number of anilines is 1. The van der Waals surface area contributed by atoms with Crippen molar-refractivity contribution >= 4 is 28.3 Å². The van der Waals surface area contributed by atoms with Gasteiger partial charge in [-0.05, 0) is 31.9 Å². The summed E-state index contributed by atoms with van der Waals surface area (Å²) in [5.41, 5.74) is 0.0658. The molecule has 2 heterocycles. The van der Waals surface area contributed by atoms with Gasteiger partial charge in [-0.1, -0.05) is 23.5 Å². The third-order valence-electron chi connectivity index (χ3n) is 4.38. The second-order valence-corrected chi connectivity index (χ2v) is 7.24. The zero-order valence-corrected chi connectivity index (χ0v) is 15.8. The van der Waals surface area contributed by atoms with Crippen LogP contribution in [0.2, 0.25) is 0 Å². The lowest BCUT2D eigenvalue weighted by molar-refractivity contribution is -0.121. The SMILES string of the molecule is CCOCc1nnc(NC(=O)C2CCN(C(=O)c3ccccc3F)CC2)s1. The zero-order chi connectivity index (χ0) is 19.2. The monoisotopic (exact) mass is 392 g/mol. The maximum Gasteiger partial charge on any atom is 0.256 e. The van der Waals surface area contributed by atoms with E-state index in [4.69, 9.17) is 4.74 Å². The number of nitrogens with one attached hydrogen (secondary N) is 1. The summed E-state index contributed by atoms with van der Waals surface area (Å²) >= 11 is 1.28. The molecule has 2 aromatic rings. The highest BCUT2D eigenvalue weighted by Crippen LogP contribution is 2.23. The first-order valence-corrected chi connectivity index (χ1v) is 9.65. The number of carbonyl (C=O) groups excluding carboxylic acids is 2. The Kier molecular flexibility index (Phi) is 6.46. The van der Waals surface area contributed by atoms with E-state index in [1.54, 1.807) is 17.0 Å². The van der Waals surface area contributed by atoms with Crippen molar-refractivity contribution in [1.82, 2.24) is 15.1 Å². The van der Waals surface area contributed by atoms with Gasteiger partial charge in [0.15, 0.2) is 0 Å². The van der Waals surface area contributed by atoms with Crippen molar-refractivity contribution in [2.75, 3.05) is 25.0 Å². The summed E-state index contributed by atoms with van der Waals surface area (Å²) in [7, 11) is 0. The highest BCUT2D eigenvalue weighted by Gasteiger charge is 2.29. The summed E-state index contributed by atoms with van der Waals surface area (Å²) in [4.78, 5) is 26.4. The van der Waals surface area contributed by atoms with Gasteiger partial charge >= 0.3 is 0 Å². The molecule has 1 fully saturated rings. The predicted molar refractivity (Wildman–Crippen MR) is 98.9 cm³/mol. The summed E-state index contributed by atoms with van der Waals surface area (Å²) in [6.45, 7) is 3.69. The minimum atomic E-state index is -0.526.